The molecule has 0 aliphatic rings. The van der Waals surface area contributed by atoms with Crippen LogP contribution in [0, 0.1) is 5.92 Å². The monoisotopic (exact) mass is 346 g/mol. The van der Waals surface area contributed by atoms with Gasteiger partial charge in [-0.05, 0) is 24.8 Å². The number of likely N-dealkylation sites (N-methyl/N-ethyl adjacent to an activating group) is 1. The second-order valence-electron chi connectivity index (χ2n) is 7.16. The van der Waals surface area contributed by atoms with Crippen LogP contribution in [0.5, 0.6) is 0 Å². The maximum Gasteiger partial charge on any atom is 0.241 e. The van der Waals surface area contributed by atoms with Gasteiger partial charge in [-0.1, -0.05) is 57.0 Å². The summed E-state index contributed by atoms with van der Waals surface area (Å²) in [6.45, 7) is 7.49. The predicted molar refractivity (Wildman–Crippen MR) is 106 cm³/mol. The number of aliphatic imine (C=N–C) groups is 1. The van der Waals surface area contributed by atoms with Gasteiger partial charge >= 0.3 is 0 Å². The fraction of sp³-hybridized carbons (Fsp3) is 0.600. The Labute approximate surface area is 152 Å². The Morgan fingerprint density at radius 1 is 1.12 bits per heavy atom. The highest BCUT2D eigenvalue weighted by molar-refractivity contribution is 5.86. The number of carbonyl (C=O) groups is 1. The summed E-state index contributed by atoms with van der Waals surface area (Å²) in [7, 11) is 3.51. The normalized spacial score (nSPS) is 12.8. The first-order valence-electron chi connectivity index (χ1n) is 9.17. The van der Waals surface area contributed by atoms with Gasteiger partial charge in [-0.25, -0.2) is 4.99 Å². The van der Waals surface area contributed by atoms with Crippen LogP contribution in [0.1, 0.15) is 45.6 Å². The lowest BCUT2D eigenvalue weighted by atomic mass is 10.0. The number of hydrogen-bond acceptors (Lipinski definition) is 2. The standard InChI is InChI=1S/C20H34N4O/c1-16(2)10-9-11-17(3)23-20(22-15-19(25)24(4)5)21-14-18-12-7-6-8-13-18/h6-8,12-13,16-17H,9-11,14-15H2,1-5H3,(H2,21,22,23). The summed E-state index contributed by atoms with van der Waals surface area (Å²) in [5.74, 6) is 1.45. The molecule has 25 heavy (non-hydrogen) atoms. The number of guanidine groups is 1. The van der Waals surface area contributed by atoms with Gasteiger partial charge in [0.1, 0.15) is 0 Å². The third-order valence-corrected chi connectivity index (χ3v) is 3.97. The van der Waals surface area contributed by atoms with E-state index in [0.29, 0.717) is 18.5 Å². The molecule has 2 N–H and O–H groups in total. The van der Waals surface area contributed by atoms with Gasteiger partial charge in [0, 0.05) is 20.1 Å². The molecule has 0 saturated heterocycles. The van der Waals surface area contributed by atoms with E-state index >= 15 is 0 Å². The second-order valence-corrected chi connectivity index (χ2v) is 7.16. The van der Waals surface area contributed by atoms with Crippen molar-refractivity contribution in [3.63, 3.8) is 0 Å². The molecule has 5 heteroatoms. The molecule has 140 valence electrons. The van der Waals surface area contributed by atoms with Gasteiger partial charge in [0.25, 0.3) is 0 Å². The molecule has 1 unspecified atom stereocenters. The molecule has 1 aromatic rings. The molecule has 0 spiro atoms. The van der Waals surface area contributed by atoms with Gasteiger partial charge in [0.2, 0.25) is 5.91 Å². The lowest BCUT2D eigenvalue weighted by Crippen LogP contribution is -2.46. The number of nitrogens with one attached hydrogen (secondary N) is 2. The number of amides is 1. The first-order valence-corrected chi connectivity index (χ1v) is 9.17. The maximum atomic E-state index is 11.8. The van der Waals surface area contributed by atoms with Crippen molar-refractivity contribution in [1.29, 1.82) is 0 Å². The molecule has 1 rings (SSSR count). The summed E-state index contributed by atoms with van der Waals surface area (Å²) >= 11 is 0. The van der Waals surface area contributed by atoms with Crippen LogP contribution in [0.4, 0.5) is 0 Å². The van der Waals surface area contributed by atoms with E-state index in [2.05, 4.69) is 48.5 Å². The van der Waals surface area contributed by atoms with Crippen molar-refractivity contribution >= 4 is 11.9 Å². The molecular formula is C20H34N4O. The van der Waals surface area contributed by atoms with Crippen molar-refractivity contribution in [2.24, 2.45) is 10.9 Å². The zero-order chi connectivity index (χ0) is 18.7. The van der Waals surface area contributed by atoms with E-state index in [-0.39, 0.29) is 12.5 Å². The van der Waals surface area contributed by atoms with E-state index in [9.17, 15) is 4.79 Å². The first kappa shape index (κ1) is 21.0. The first-order chi connectivity index (χ1) is 11.9. The highest BCUT2D eigenvalue weighted by Crippen LogP contribution is 2.08. The van der Waals surface area contributed by atoms with E-state index in [1.807, 2.05) is 18.2 Å². The number of rotatable bonds is 9. The third kappa shape index (κ3) is 9.75. The molecule has 1 atom stereocenters. The molecular weight excluding hydrogens is 312 g/mol. The van der Waals surface area contributed by atoms with E-state index in [4.69, 9.17) is 0 Å². The summed E-state index contributed by atoms with van der Waals surface area (Å²) in [5.41, 5.74) is 1.15. The highest BCUT2D eigenvalue weighted by atomic mass is 16.2. The predicted octanol–water partition coefficient (Wildman–Crippen LogP) is 3.02. The molecule has 0 aliphatic heterocycles. The minimum Gasteiger partial charge on any atom is -0.354 e. The van der Waals surface area contributed by atoms with Gasteiger partial charge in [-0.2, -0.15) is 0 Å². The van der Waals surface area contributed by atoms with E-state index in [1.54, 1.807) is 19.0 Å². The van der Waals surface area contributed by atoms with Crippen LogP contribution in [-0.4, -0.2) is 43.4 Å². The van der Waals surface area contributed by atoms with Crippen molar-refractivity contribution < 1.29 is 4.79 Å². The summed E-state index contributed by atoms with van der Waals surface area (Å²) in [4.78, 5) is 18.0. The molecule has 0 heterocycles. The minimum atomic E-state index is 0.0293. The SMILES string of the molecule is CC(C)CCCC(C)NC(=NCc1ccccc1)NCC(=O)N(C)C. The van der Waals surface area contributed by atoms with Crippen LogP contribution in [0.15, 0.2) is 35.3 Å². The number of carbonyl (C=O) groups excluding carboxylic acids is 1. The molecule has 0 saturated carbocycles. The van der Waals surface area contributed by atoms with E-state index < -0.39 is 0 Å². The summed E-state index contributed by atoms with van der Waals surface area (Å²) in [6.07, 6.45) is 3.51. The van der Waals surface area contributed by atoms with Crippen molar-refractivity contribution in [3.05, 3.63) is 35.9 Å². The summed E-state index contributed by atoms with van der Waals surface area (Å²) < 4.78 is 0. The molecule has 5 nitrogen and oxygen atoms in total. The maximum absolute atomic E-state index is 11.8. The Hall–Kier alpha value is -2.04. The average molecular weight is 347 g/mol. The van der Waals surface area contributed by atoms with Gasteiger partial charge in [-0.15, -0.1) is 0 Å². The molecule has 0 bridgehead atoms. The topological polar surface area (TPSA) is 56.7 Å². The Balaban J connectivity index is 2.61. The van der Waals surface area contributed by atoms with Gasteiger partial charge in [-0.3, -0.25) is 4.79 Å². The quantitative estimate of drug-likeness (QED) is 0.534. The van der Waals surface area contributed by atoms with Crippen LogP contribution < -0.4 is 10.6 Å². The smallest absolute Gasteiger partial charge is 0.241 e. The third-order valence-electron chi connectivity index (χ3n) is 3.97. The van der Waals surface area contributed by atoms with Gasteiger partial charge in [0.05, 0.1) is 13.1 Å². The summed E-state index contributed by atoms with van der Waals surface area (Å²) in [5, 5.41) is 6.57. The van der Waals surface area contributed by atoms with Crippen LogP contribution >= 0.6 is 0 Å². The fourth-order valence-corrected chi connectivity index (χ4v) is 2.36. The Morgan fingerprint density at radius 3 is 2.40 bits per heavy atom. The Bertz CT molecular complexity index is 526. The molecule has 1 amide bonds. The second kappa shape index (κ2) is 11.5. The van der Waals surface area contributed by atoms with Crippen molar-refractivity contribution in [3.8, 4) is 0 Å². The van der Waals surface area contributed by atoms with Crippen LogP contribution in [0.25, 0.3) is 0 Å². The van der Waals surface area contributed by atoms with Crippen LogP contribution in [0.3, 0.4) is 0 Å². The van der Waals surface area contributed by atoms with E-state index in [0.717, 1.165) is 17.9 Å². The fourth-order valence-electron chi connectivity index (χ4n) is 2.36. The lowest BCUT2D eigenvalue weighted by Gasteiger charge is -2.19. The zero-order valence-corrected chi connectivity index (χ0v) is 16.4. The van der Waals surface area contributed by atoms with Crippen LogP contribution in [-0.2, 0) is 11.3 Å². The molecule has 0 fully saturated rings. The Morgan fingerprint density at radius 2 is 1.80 bits per heavy atom. The van der Waals surface area contributed by atoms with Crippen molar-refractivity contribution in [2.45, 2.75) is 52.6 Å². The van der Waals surface area contributed by atoms with E-state index in [1.165, 1.54) is 12.8 Å². The number of hydrogen-bond donors (Lipinski definition) is 2. The molecule has 0 radical (unpaired) electrons. The molecule has 0 aliphatic carbocycles. The zero-order valence-electron chi connectivity index (χ0n) is 16.4. The molecule has 1 aromatic carbocycles. The minimum absolute atomic E-state index is 0.0293. The Kier molecular flexibility index (Phi) is 9.66. The number of benzene rings is 1. The molecule has 0 aromatic heterocycles. The lowest BCUT2D eigenvalue weighted by molar-refractivity contribution is -0.127. The summed E-state index contributed by atoms with van der Waals surface area (Å²) in [6, 6.07) is 10.4. The van der Waals surface area contributed by atoms with Crippen molar-refractivity contribution in [1.82, 2.24) is 15.5 Å². The van der Waals surface area contributed by atoms with Gasteiger partial charge in [0.15, 0.2) is 5.96 Å². The highest BCUT2D eigenvalue weighted by Gasteiger charge is 2.09. The largest absolute Gasteiger partial charge is 0.354 e. The van der Waals surface area contributed by atoms with Crippen LogP contribution in [0.2, 0.25) is 0 Å². The average Bonchev–Trinajstić information content (AvgIpc) is 2.57. The van der Waals surface area contributed by atoms with Gasteiger partial charge < -0.3 is 15.5 Å². The van der Waals surface area contributed by atoms with Crippen molar-refractivity contribution in [2.75, 3.05) is 20.6 Å². The number of nitrogens with zero attached hydrogens (tertiary/aromatic N) is 2.